The van der Waals surface area contributed by atoms with Crippen molar-refractivity contribution < 1.29 is 18.0 Å². The number of hydrogen-bond acceptors (Lipinski definition) is 5. The number of carbonyl (C=O) groups is 1. The van der Waals surface area contributed by atoms with Gasteiger partial charge in [0, 0.05) is 13.2 Å². The lowest BCUT2D eigenvalue weighted by atomic mass is 10.3. The molecule has 0 aliphatic heterocycles. The van der Waals surface area contributed by atoms with Gasteiger partial charge in [0.1, 0.15) is 4.60 Å². The predicted octanol–water partition coefficient (Wildman–Crippen LogP) is 1.50. The van der Waals surface area contributed by atoms with Crippen molar-refractivity contribution >= 4 is 27.7 Å². The van der Waals surface area contributed by atoms with Gasteiger partial charge < -0.3 is 15.6 Å². The van der Waals surface area contributed by atoms with Gasteiger partial charge in [-0.15, -0.1) is 0 Å². The second kappa shape index (κ2) is 5.91. The summed E-state index contributed by atoms with van der Waals surface area (Å²) in [7, 11) is 1.76. The largest absolute Gasteiger partial charge is 0.436 e. The Morgan fingerprint density at radius 1 is 1.45 bits per heavy atom. The van der Waals surface area contributed by atoms with Crippen LogP contribution >= 0.6 is 15.9 Å². The molecule has 0 fully saturated rings. The number of aryl methyl sites for hydroxylation is 1. The number of alkyl halides is 3. The van der Waals surface area contributed by atoms with E-state index in [1.54, 1.807) is 24.1 Å². The second-order valence-electron chi connectivity index (χ2n) is 4.31. The zero-order valence-corrected chi connectivity index (χ0v) is 12.7. The number of imidazole rings is 1. The summed E-state index contributed by atoms with van der Waals surface area (Å²) in [5.74, 6) is -1.35. The zero-order chi connectivity index (χ0) is 16.5. The fraction of sp³-hybridized carbons (Fsp3) is 0.273. The third-order valence-corrected chi connectivity index (χ3v) is 3.11. The van der Waals surface area contributed by atoms with E-state index in [-0.39, 0.29) is 6.54 Å². The van der Waals surface area contributed by atoms with E-state index in [1.807, 2.05) is 0 Å². The molecule has 22 heavy (non-hydrogen) atoms. The first-order valence-corrected chi connectivity index (χ1v) is 6.63. The third kappa shape index (κ3) is 3.53. The van der Waals surface area contributed by atoms with Crippen LogP contribution < -0.4 is 11.1 Å². The molecule has 0 aliphatic rings. The summed E-state index contributed by atoms with van der Waals surface area (Å²) in [6, 6.07) is 0. The molecule has 0 atom stereocenters. The molecule has 2 rings (SSSR count). The van der Waals surface area contributed by atoms with E-state index in [9.17, 15) is 18.0 Å². The normalized spacial score (nSPS) is 11.5. The highest BCUT2D eigenvalue weighted by molar-refractivity contribution is 9.10. The second-order valence-corrected chi connectivity index (χ2v) is 5.06. The van der Waals surface area contributed by atoms with Crippen molar-refractivity contribution in [1.29, 1.82) is 0 Å². The summed E-state index contributed by atoms with van der Waals surface area (Å²) >= 11 is 2.64. The summed E-state index contributed by atoms with van der Waals surface area (Å²) in [4.78, 5) is 22.6. The molecule has 0 spiro atoms. The minimum absolute atomic E-state index is 0.0828. The monoisotopic (exact) mass is 378 g/mol. The van der Waals surface area contributed by atoms with E-state index < -0.39 is 33.9 Å². The minimum atomic E-state index is -4.72. The smallest absolute Gasteiger partial charge is 0.382 e. The number of halogens is 4. The van der Waals surface area contributed by atoms with Gasteiger partial charge in [-0.3, -0.25) is 4.79 Å². The number of nitrogens with one attached hydrogen (secondary N) is 1. The molecule has 7 nitrogen and oxygen atoms in total. The maximum atomic E-state index is 12.6. The van der Waals surface area contributed by atoms with Crippen LogP contribution in [-0.2, 0) is 19.8 Å². The molecule has 0 unspecified atom stereocenters. The van der Waals surface area contributed by atoms with Crippen molar-refractivity contribution in [3.05, 3.63) is 34.2 Å². The fourth-order valence-electron chi connectivity index (χ4n) is 1.59. The Labute approximate surface area is 130 Å². The van der Waals surface area contributed by atoms with E-state index in [4.69, 9.17) is 5.73 Å². The van der Waals surface area contributed by atoms with Crippen molar-refractivity contribution in [3.8, 4) is 0 Å². The van der Waals surface area contributed by atoms with Gasteiger partial charge in [-0.1, -0.05) is 0 Å². The summed E-state index contributed by atoms with van der Waals surface area (Å²) < 4.78 is 39.0. The minimum Gasteiger partial charge on any atom is -0.382 e. The number of nitrogens with two attached hydrogens (primary N) is 1. The van der Waals surface area contributed by atoms with Crippen LogP contribution in [0.2, 0.25) is 0 Å². The number of rotatable bonds is 3. The average molecular weight is 379 g/mol. The number of carbonyl (C=O) groups excluding carboxylic acids is 1. The Balaban J connectivity index is 2.18. The molecule has 0 aliphatic carbocycles. The molecular weight excluding hydrogens is 369 g/mol. The summed E-state index contributed by atoms with van der Waals surface area (Å²) in [6.07, 6.45) is -1.49. The third-order valence-electron chi connectivity index (χ3n) is 2.55. The molecule has 0 radical (unpaired) electrons. The maximum absolute atomic E-state index is 12.6. The molecule has 118 valence electrons. The van der Waals surface area contributed by atoms with E-state index in [0.29, 0.717) is 5.69 Å². The van der Waals surface area contributed by atoms with E-state index in [0.717, 1.165) is 0 Å². The van der Waals surface area contributed by atoms with Crippen LogP contribution in [0.1, 0.15) is 21.9 Å². The lowest BCUT2D eigenvalue weighted by Crippen LogP contribution is -2.26. The fourth-order valence-corrected chi connectivity index (χ4v) is 2.08. The Morgan fingerprint density at radius 2 is 2.14 bits per heavy atom. The number of amides is 1. The molecule has 3 N–H and O–H groups in total. The standard InChI is InChI=1S/C11H10BrF3N6O/c1-21-3-5(18-4-21)2-17-10(22)6-9(16)20-7(8(12)19-6)11(13,14)15/h3-4H,2H2,1H3,(H2,16,20)(H,17,22). The number of aromatic nitrogens is 4. The van der Waals surface area contributed by atoms with E-state index >= 15 is 0 Å². The Kier molecular flexibility index (Phi) is 4.35. The van der Waals surface area contributed by atoms with Crippen molar-refractivity contribution in [2.24, 2.45) is 7.05 Å². The summed E-state index contributed by atoms with van der Waals surface area (Å²) in [6.45, 7) is 0.0828. The average Bonchev–Trinajstić information content (AvgIpc) is 2.82. The van der Waals surface area contributed by atoms with Gasteiger partial charge in [0.25, 0.3) is 5.91 Å². The van der Waals surface area contributed by atoms with Crippen LogP contribution in [0.3, 0.4) is 0 Å². The summed E-state index contributed by atoms with van der Waals surface area (Å²) in [5, 5.41) is 2.46. The van der Waals surface area contributed by atoms with E-state index in [1.165, 1.54) is 0 Å². The van der Waals surface area contributed by atoms with Crippen LogP contribution in [0.4, 0.5) is 19.0 Å². The van der Waals surface area contributed by atoms with Gasteiger partial charge >= 0.3 is 6.18 Å². The molecule has 2 aromatic heterocycles. The van der Waals surface area contributed by atoms with Crippen LogP contribution in [0.15, 0.2) is 17.1 Å². The Morgan fingerprint density at radius 3 is 2.68 bits per heavy atom. The molecule has 0 bridgehead atoms. The van der Waals surface area contributed by atoms with Crippen LogP contribution in [0.25, 0.3) is 0 Å². The lowest BCUT2D eigenvalue weighted by molar-refractivity contribution is -0.142. The van der Waals surface area contributed by atoms with Gasteiger partial charge in [-0.2, -0.15) is 13.2 Å². The van der Waals surface area contributed by atoms with Crippen molar-refractivity contribution in [2.45, 2.75) is 12.7 Å². The van der Waals surface area contributed by atoms with Crippen molar-refractivity contribution in [2.75, 3.05) is 5.73 Å². The molecular formula is C11H10BrF3N6O. The quantitative estimate of drug-likeness (QED) is 0.843. The first-order valence-electron chi connectivity index (χ1n) is 5.83. The molecule has 2 heterocycles. The highest BCUT2D eigenvalue weighted by Crippen LogP contribution is 2.33. The summed E-state index contributed by atoms with van der Waals surface area (Å²) in [5.41, 5.74) is 4.28. The molecule has 0 saturated carbocycles. The van der Waals surface area contributed by atoms with Crippen molar-refractivity contribution in [3.63, 3.8) is 0 Å². The first kappa shape index (κ1) is 16.2. The van der Waals surface area contributed by atoms with Crippen LogP contribution in [-0.4, -0.2) is 25.4 Å². The SMILES string of the molecule is Cn1cnc(CNC(=O)c2nc(Br)c(C(F)(F)F)nc2N)c1. The van der Waals surface area contributed by atoms with Gasteiger partial charge in [0.15, 0.2) is 17.2 Å². The van der Waals surface area contributed by atoms with Gasteiger partial charge in [0.05, 0.1) is 18.6 Å². The Hall–Kier alpha value is -2.17. The molecule has 0 saturated heterocycles. The lowest BCUT2D eigenvalue weighted by Gasteiger charge is -2.11. The topological polar surface area (TPSA) is 98.7 Å². The zero-order valence-electron chi connectivity index (χ0n) is 11.1. The molecule has 2 aromatic rings. The Bertz CT molecular complexity index is 714. The number of nitrogen functional groups attached to an aromatic ring is 1. The maximum Gasteiger partial charge on any atom is 0.436 e. The van der Waals surface area contributed by atoms with Crippen molar-refractivity contribution in [1.82, 2.24) is 24.8 Å². The van der Waals surface area contributed by atoms with Gasteiger partial charge in [-0.25, -0.2) is 15.0 Å². The van der Waals surface area contributed by atoms with Gasteiger partial charge in [0.2, 0.25) is 0 Å². The highest BCUT2D eigenvalue weighted by Gasteiger charge is 2.37. The number of hydrogen-bond donors (Lipinski definition) is 2. The number of anilines is 1. The number of nitrogens with zero attached hydrogens (tertiary/aromatic N) is 4. The van der Waals surface area contributed by atoms with E-state index in [2.05, 4.69) is 36.2 Å². The highest BCUT2D eigenvalue weighted by atomic mass is 79.9. The van der Waals surface area contributed by atoms with Gasteiger partial charge in [-0.05, 0) is 15.9 Å². The van der Waals surface area contributed by atoms with Crippen LogP contribution in [0, 0.1) is 0 Å². The van der Waals surface area contributed by atoms with Crippen LogP contribution in [0.5, 0.6) is 0 Å². The predicted molar refractivity (Wildman–Crippen MR) is 73.5 cm³/mol. The molecule has 1 amide bonds. The molecule has 11 heteroatoms. The first-order chi connectivity index (χ1) is 10.2. The molecule has 0 aromatic carbocycles.